The van der Waals surface area contributed by atoms with Gasteiger partial charge in [-0.15, -0.1) is 11.6 Å². The number of esters is 1. The molecule has 1 saturated heterocycles. The zero-order chi connectivity index (χ0) is 18.1. The number of ether oxygens (including phenoxy) is 3. The smallest absolute Gasteiger partial charge is 0.332 e. The molecule has 0 aromatic rings. The maximum Gasteiger partial charge on any atom is 0.332 e. The van der Waals surface area contributed by atoms with Crippen molar-refractivity contribution in [3.63, 3.8) is 0 Å². The molecule has 0 radical (unpaired) electrons. The van der Waals surface area contributed by atoms with Crippen molar-refractivity contribution in [2.45, 2.75) is 62.7 Å². The first kappa shape index (κ1) is 20.3. The van der Waals surface area contributed by atoms with E-state index in [0.717, 1.165) is 25.7 Å². The highest BCUT2D eigenvalue weighted by Gasteiger charge is 2.38. The van der Waals surface area contributed by atoms with E-state index in [9.17, 15) is 9.90 Å². The summed E-state index contributed by atoms with van der Waals surface area (Å²) in [6.45, 7) is 2.35. The van der Waals surface area contributed by atoms with Crippen LogP contribution < -0.4 is 0 Å². The summed E-state index contributed by atoms with van der Waals surface area (Å²) in [6.07, 6.45) is 7.23. The zero-order valence-corrected chi connectivity index (χ0v) is 15.4. The van der Waals surface area contributed by atoms with Crippen LogP contribution in [0.15, 0.2) is 12.2 Å². The Morgan fingerprint density at radius 3 is 2.88 bits per heavy atom. The van der Waals surface area contributed by atoms with Crippen LogP contribution in [0, 0.1) is 17.8 Å². The molecule has 5 nitrogen and oxygen atoms in total. The molecule has 140 valence electrons. The molecule has 6 heteroatoms. The van der Waals surface area contributed by atoms with Crippen molar-refractivity contribution in [2.24, 2.45) is 5.92 Å². The summed E-state index contributed by atoms with van der Waals surface area (Å²) >= 11 is 6.18. The van der Waals surface area contributed by atoms with Crippen LogP contribution in [0.4, 0.5) is 0 Å². The third kappa shape index (κ3) is 6.63. The fraction of sp³-hybridized carbons (Fsp3) is 0.737. The molecule has 1 N–H and O–H groups in total. The zero-order valence-electron chi connectivity index (χ0n) is 14.7. The Hall–Kier alpha value is -1.06. The Morgan fingerprint density at radius 2 is 2.16 bits per heavy atom. The van der Waals surface area contributed by atoms with Gasteiger partial charge in [-0.2, -0.15) is 0 Å². The third-order valence-electron chi connectivity index (χ3n) is 4.50. The van der Waals surface area contributed by atoms with Gasteiger partial charge < -0.3 is 19.3 Å². The SMILES string of the molecule is CC=CCOCC(=O)OC1C(Cl)COC1C#CC(O)C1CCCCC1. The van der Waals surface area contributed by atoms with E-state index in [1.54, 1.807) is 6.08 Å². The molecule has 4 unspecified atom stereocenters. The number of carbonyl (C=O) groups is 1. The second-order valence-electron chi connectivity index (χ2n) is 6.44. The van der Waals surface area contributed by atoms with E-state index in [4.69, 9.17) is 25.8 Å². The lowest BCUT2D eigenvalue weighted by Gasteiger charge is -2.23. The van der Waals surface area contributed by atoms with Crippen molar-refractivity contribution in [2.75, 3.05) is 19.8 Å². The predicted octanol–water partition coefficient (Wildman–Crippen LogP) is 2.44. The van der Waals surface area contributed by atoms with E-state index in [2.05, 4.69) is 11.8 Å². The number of allylic oxidation sites excluding steroid dienone is 1. The van der Waals surface area contributed by atoms with Crippen molar-refractivity contribution >= 4 is 17.6 Å². The second-order valence-corrected chi connectivity index (χ2v) is 7.00. The van der Waals surface area contributed by atoms with Gasteiger partial charge in [-0.1, -0.05) is 43.3 Å². The van der Waals surface area contributed by atoms with E-state index < -0.39 is 29.7 Å². The van der Waals surface area contributed by atoms with Crippen molar-refractivity contribution in [1.82, 2.24) is 0 Å². The number of hydrogen-bond acceptors (Lipinski definition) is 5. The molecule has 1 saturated carbocycles. The van der Waals surface area contributed by atoms with Gasteiger partial charge in [0.2, 0.25) is 0 Å². The fourth-order valence-electron chi connectivity index (χ4n) is 3.06. The van der Waals surface area contributed by atoms with Gasteiger partial charge in [-0.3, -0.25) is 0 Å². The molecule has 2 aliphatic rings. The predicted molar refractivity (Wildman–Crippen MR) is 95.3 cm³/mol. The van der Waals surface area contributed by atoms with Gasteiger partial charge in [-0.25, -0.2) is 4.79 Å². The van der Waals surface area contributed by atoms with Gasteiger partial charge in [0.25, 0.3) is 0 Å². The molecule has 0 spiro atoms. The standard InChI is InChI=1S/C19H27ClO5/c1-2-3-11-23-13-18(22)25-19-15(20)12-24-17(19)10-9-16(21)14-7-5-4-6-8-14/h2-3,14-17,19,21H,4-8,11-13H2,1H3. The highest BCUT2D eigenvalue weighted by molar-refractivity contribution is 6.21. The van der Waals surface area contributed by atoms with Gasteiger partial charge in [0.15, 0.2) is 12.2 Å². The molecule has 4 atom stereocenters. The molecule has 2 rings (SSSR count). The van der Waals surface area contributed by atoms with E-state index in [1.807, 2.05) is 13.0 Å². The summed E-state index contributed by atoms with van der Waals surface area (Å²) in [6, 6.07) is 0. The highest BCUT2D eigenvalue weighted by atomic mass is 35.5. The molecule has 1 aliphatic heterocycles. The van der Waals surface area contributed by atoms with Crippen LogP contribution >= 0.6 is 11.6 Å². The molecular weight excluding hydrogens is 344 g/mol. The number of aliphatic hydroxyl groups is 1. The van der Waals surface area contributed by atoms with Crippen LogP contribution in [0.25, 0.3) is 0 Å². The minimum Gasteiger partial charge on any atom is -0.455 e. The topological polar surface area (TPSA) is 65.0 Å². The average Bonchev–Trinajstić information content (AvgIpc) is 2.97. The first-order valence-corrected chi connectivity index (χ1v) is 9.38. The quantitative estimate of drug-likeness (QED) is 0.256. The maximum atomic E-state index is 11.9. The molecule has 0 amide bonds. The molecule has 1 heterocycles. The monoisotopic (exact) mass is 370 g/mol. The van der Waals surface area contributed by atoms with Gasteiger partial charge in [-0.05, 0) is 25.7 Å². The summed E-state index contributed by atoms with van der Waals surface area (Å²) < 4.78 is 16.1. The Balaban J connectivity index is 1.85. The largest absolute Gasteiger partial charge is 0.455 e. The number of carbonyl (C=O) groups excluding carboxylic acids is 1. The average molecular weight is 371 g/mol. The summed E-state index contributed by atoms with van der Waals surface area (Å²) in [5.41, 5.74) is 0. The van der Waals surface area contributed by atoms with Crippen LogP contribution in [0.2, 0.25) is 0 Å². The molecule has 2 fully saturated rings. The van der Waals surface area contributed by atoms with Gasteiger partial charge in [0.05, 0.1) is 18.6 Å². The second kappa shape index (κ2) is 10.8. The van der Waals surface area contributed by atoms with E-state index >= 15 is 0 Å². The first-order chi connectivity index (χ1) is 12.1. The Bertz CT molecular complexity index is 504. The third-order valence-corrected chi connectivity index (χ3v) is 4.87. The normalized spacial score (nSPS) is 28.5. The van der Waals surface area contributed by atoms with E-state index in [0.29, 0.717) is 6.61 Å². The van der Waals surface area contributed by atoms with Crippen LogP contribution in [0.5, 0.6) is 0 Å². The minimum atomic E-state index is -0.668. The number of alkyl halides is 1. The van der Waals surface area contributed by atoms with Crippen LogP contribution in [0.3, 0.4) is 0 Å². The lowest BCUT2D eigenvalue weighted by atomic mass is 9.85. The minimum absolute atomic E-state index is 0.144. The number of halogens is 1. The van der Waals surface area contributed by atoms with Gasteiger partial charge in [0, 0.05) is 0 Å². The maximum absolute atomic E-state index is 11.9. The van der Waals surface area contributed by atoms with Gasteiger partial charge >= 0.3 is 5.97 Å². The van der Waals surface area contributed by atoms with Crippen molar-refractivity contribution in [3.05, 3.63) is 12.2 Å². The molecule has 25 heavy (non-hydrogen) atoms. The Morgan fingerprint density at radius 1 is 1.40 bits per heavy atom. The molecule has 0 aromatic heterocycles. The van der Waals surface area contributed by atoms with Crippen LogP contribution in [-0.4, -0.2) is 54.6 Å². The Labute approximate surface area is 154 Å². The summed E-state index contributed by atoms with van der Waals surface area (Å²) in [5.74, 6) is 5.50. The van der Waals surface area contributed by atoms with E-state index in [-0.39, 0.29) is 19.1 Å². The first-order valence-electron chi connectivity index (χ1n) is 8.95. The summed E-state index contributed by atoms with van der Waals surface area (Å²) in [5, 5.41) is 9.79. The van der Waals surface area contributed by atoms with Crippen LogP contribution in [0.1, 0.15) is 39.0 Å². The molecular formula is C19H27ClO5. The summed E-state index contributed by atoms with van der Waals surface area (Å²) in [4.78, 5) is 11.9. The van der Waals surface area contributed by atoms with Crippen molar-refractivity contribution in [1.29, 1.82) is 0 Å². The van der Waals surface area contributed by atoms with Crippen molar-refractivity contribution in [3.8, 4) is 11.8 Å². The Kier molecular flexibility index (Phi) is 8.77. The van der Waals surface area contributed by atoms with Crippen molar-refractivity contribution < 1.29 is 24.1 Å². The lowest BCUT2D eigenvalue weighted by Crippen LogP contribution is -2.33. The summed E-state index contributed by atoms with van der Waals surface area (Å²) in [7, 11) is 0. The lowest BCUT2D eigenvalue weighted by molar-refractivity contribution is -0.155. The van der Waals surface area contributed by atoms with Crippen LogP contribution in [-0.2, 0) is 19.0 Å². The number of rotatable bonds is 6. The number of aliphatic hydroxyl groups excluding tert-OH is 1. The molecule has 0 aromatic carbocycles. The highest BCUT2D eigenvalue weighted by Crippen LogP contribution is 2.27. The molecule has 1 aliphatic carbocycles. The molecule has 0 bridgehead atoms. The number of hydrogen-bond donors (Lipinski definition) is 1. The van der Waals surface area contributed by atoms with E-state index in [1.165, 1.54) is 6.42 Å². The fourth-order valence-corrected chi connectivity index (χ4v) is 3.32. The van der Waals surface area contributed by atoms with Gasteiger partial charge in [0.1, 0.15) is 12.7 Å².